The van der Waals surface area contributed by atoms with Crippen molar-refractivity contribution in [2.75, 3.05) is 6.61 Å². The van der Waals surface area contributed by atoms with Crippen LogP contribution in [0.2, 0.25) is 0 Å². The topological polar surface area (TPSA) is 58.6 Å². The molecule has 0 aromatic heterocycles. The summed E-state index contributed by atoms with van der Waals surface area (Å²) >= 11 is 0. The second-order valence-corrected chi connectivity index (χ2v) is 5.34. The van der Waals surface area contributed by atoms with Crippen molar-refractivity contribution in [2.45, 2.75) is 64.7 Å². The summed E-state index contributed by atoms with van der Waals surface area (Å²) in [5.41, 5.74) is 0. The van der Waals surface area contributed by atoms with Crippen LogP contribution in [0.4, 0.5) is 0 Å². The number of hydrogen-bond acceptors (Lipinski definition) is 3. The first-order valence-electron chi connectivity index (χ1n) is 6.58. The number of aliphatic hydroxyl groups excluding tert-OH is 1. The lowest BCUT2D eigenvalue weighted by molar-refractivity contribution is -0.129. The smallest absolute Gasteiger partial charge is 0.246 e. The third-order valence-electron chi connectivity index (χ3n) is 3.48. The molecule has 1 amide bonds. The molecule has 0 aliphatic heterocycles. The molecule has 1 fully saturated rings. The Balaban J connectivity index is 2.15. The molecule has 0 aromatic rings. The quantitative estimate of drug-likeness (QED) is 0.768. The van der Waals surface area contributed by atoms with Crippen molar-refractivity contribution < 1.29 is 14.6 Å². The van der Waals surface area contributed by atoms with Gasteiger partial charge in [-0.15, -0.1) is 0 Å². The molecule has 0 spiro atoms. The van der Waals surface area contributed by atoms with Gasteiger partial charge in [-0.05, 0) is 38.5 Å². The summed E-state index contributed by atoms with van der Waals surface area (Å²) in [4.78, 5) is 11.6. The monoisotopic (exact) mass is 243 g/mol. The summed E-state index contributed by atoms with van der Waals surface area (Å²) < 4.78 is 5.55. The Bertz CT molecular complexity index is 235. The van der Waals surface area contributed by atoms with Gasteiger partial charge in [-0.25, -0.2) is 0 Å². The zero-order valence-electron chi connectivity index (χ0n) is 11.1. The number of hydrogen-bond donors (Lipinski definition) is 2. The molecule has 0 aromatic carbocycles. The van der Waals surface area contributed by atoms with E-state index < -0.39 is 0 Å². The SMILES string of the molecule is CC(C)C(C)NC(=O)COC1CCC(O)CC1. The van der Waals surface area contributed by atoms with Gasteiger partial charge in [0.05, 0.1) is 12.2 Å². The summed E-state index contributed by atoms with van der Waals surface area (Å²) in [6.45, 7) is 6.29. The van der Waals surface area contributed by atoms with Crippen LogP contribution >= 0.6 is 0 Å². The number of rotatable bonds is 5. The molecule has 1 unspecified atom stereocenters. The number of carbonyl (C=O) groups excluding carboxylic acids is 1. The lowest BCUT2D eigenvalue weighted by atomic mass is 9.95. The van der Waals surface area contributed by atoms with Gasteiger partial charge in [0.25, 0.3) is 0 Å². The number of nitrogens with one attached hydrogen (secondary N) is 1. The molecule has 0 saturated heterocycles. The van der Waals surface area contributed by atoms with Crippen LogP contribution < -0.4 is 5.32 Å². The Hall–Kier alpha value is -0.610. The van der Waals surface area contributed by atoms with E-state index in [4.69, 9.17) is 4.74 Å². The predicted octanol–water partition coefficient (Wildman–Crippen LogP) is 1.47. The van der Waals surface area contributed by atoms with E-state index in [2.05, 4.69) is 19.2 Å². The Morgan fingerprint density at radius 1 is 1.29 bits per heavy atom. The Morgan fingerprint density at radius 2 is 1.88 bits per heavy atom. The highest BCUT2D eigenvalue weighted by atomic mass is 16.5. The molecule has 2 N–H and O–H groups in total. The lowest BCUT2D eigenvalue weighted by Crippen LogP contribution is -2.39. The zero-order valence-corrected chi connectivity index (χ0v) is 11.1. The molecule has 0 radical (unpaired) electrons. The molecule has 1 aliphatic rings. The van der Waals surface area contributed by atoms with Gasteiger partial charge in [0.2, 0.25) is 5.91 Å². The van der Waals surface area contributed by atoms with Crippen LogP contribution in [0.1, 0.15) is 46.5 Å². The standard InChI is InChI=1S/C13H25NO3/c1-9(2)10(3)14-13(16)8-17-12-6-4-11(15)5-7-12/h9-12,15H,4-8H2,1-3H3,(H,14,16). The van der Waals surface area contributed by atoms with Gasteiger partial charge >= 0.3 is 0 Å². The van der Waals surface area contributed by atoms with E-state index >= 15 is 0 Å². The van der Waals surface area contributed by atoms with Crippen molar-refractivity contribution in [1.29, 1.82) is 0 Å². The van der Waals surface area contributed by atoms with Crippen LogP contribution in [0.15, 0.2) is 0 Å². The van der Waals surface area contributed by atoms with Crippen LogP contribution in [0.3, 0.4) is 0 Å². The zero-order chi connectivity index (χ0) is 12.8. The van der Waals surface area contributed by atoms with E-state index in [1.807, 2.05) is 6.92 Å². The van der Waals surface area contributed by atoms with E-state index in [1.165, 1.54) is 0 Å². The normalized spacial score (nSPS) is 26.9. The average Bonchev–Trinajstić information content (AvgIpc) is 2.28. The number of carbonyl (C=O) groups is 1. The van der Waals surface area contributed by atoms with Gasteiger partial charge in [0, 0.05) is 6.04 Å². The first-order valence-corrected chi connectivity index (χ1v) is 6.58. The first-order chi connectivity index (χ1) is 7.99. The van der Waals surface area contributed by atoms with Crippen molar-refractivity contribution in [3.05, 3.63) is 0 Å². The Morgan fingerprint density at radius 3 is 2.41 bits per heavy atom. The van der Waals surface area contributed by atoms with Gasteiger partial charge in [0.1, 0.15) is 6.61 Å². The molecule has 1 atom stereocenters. The highest BCUT2D eigenvalue weighted by Crippen LogP contribution is 2.20. The second-order valence-electron chi connectivity index (χ2n) is 5.34. The van der Waals surface area contributed by atoms with E-state index in [-0.39, 0.29) is 30.8 Å². The molecule has 17 heavy (non-hydrogen) atoms. The van der Waals surface area contributed by atoms with Crippen molar-refractivity contribution in [3.63, 3.8) is 0 Å². The molecule has 100 valence electrons. The average molecular weight is 243 g/mol. The summed E-state index contributed by atoms with van der Waals surface area (Å²) in [5.74, 6) is 0.390. The summed E-state index contributed by atoms with van der Waals surface area (Å²) in [7, 11) is 0. The molecular formula is C13H25NO3. The first kappa shape index (κ1) is 14.5. The largest absolute Gasteiger partial charge is 0.393 e. The highest BCUT2D eigenvalue weighted by Gasteiger charge is 2.20. The fourth-order valence-corrected chi connectivity index (χ4v) is 1.87. The minimum atomic E-state index is -0.176. The van der Waals surface area contributed by atoms with Crippen molar-refractivity contribution >= 4 is 5.91 Å². The number of ether oxygens (including phenoxy) is 1. The van der Waals surface area contributed by atoms with Crippen molar-refractivity contribution in [3.8, 4) is 0 Å². The maximum Gasteiger partial charge on any atom is 0.246 e. The molecule has 0 heterocycles. The van der Waals surface area contributed by atoms with E-state index in [0.29, 0.717) is 5.92 Å². The third-order valence-corrected chi connectivity index (χ3v) is 3.48. The van der Waals surface area contributed by atoms with E-state index in [1.54, 1.807) is 0 Å². The van der Waals surface area contributed by atoms with Gasteiger partial charge in [-0.1, -0.05) is 13.8 Å². The minimum absolute atomic E-state index is 0.0441. The van der Waals surface area contributed by atoms with Gasteiger partial charge < -0.3 is 15.2 Å². The predicted molar refractivity (Wildman–Crippen MR) is 66.7 cm³/mol. The maximum absolute atomic E-state index is 11.6. The summed E-state index contributed by atoms with van der Waals surface area (Å²) in [6.07, 6.45) is 3.24. The number of amides is 1. The van der Waals surface area contributed by atoms with Crippen LogP contribution in [0.5, 0.6) is 0 Å². The molecule has 4 nitrogen and oxygen atoms in total. The van der Waals surface area contributed by atoms with Gasteiger partial charge in [0.15, 0.2) is 0 Å². The Kier molecular flexibility index (Phi) is 5.92. The van der Waals surface area contributed by atoms with Crippen LogP contribution in [-0.4, -0.2) is 35.9 Å². The molecule has 0 bridgehead atoms. The van der Waals surface area contributed by atoms with Crippen molar-refractivity contribution in [2.24, 2.45) is 5.92 Å². The summed E-state index contributed by atoms with van der Waals surface area (Å²) in [6, 6.07) is 0.180. The van der Waals surface area contributed by atoms with Crippen LogP contribution in [0, 0.1) is 5.92 Å². The molecule has 1 rings (SSSR count). The minimum Gasteiger partial charge on any atom is -0.393 e. The molecular weight excluding hydrogens is 218 g/mol. The van der Waals surface area contributed by atoms with E-state index in [0.717, 1.165) is 25.7 Å². The maximum atomic E-state index is 11.6. The summed E-state index contributed by atoms with van der Waals surface area (Å²) in [5, 5.41) is 12.3. The van der Waals surface area contributed by atoms with E-state index in [9.17, 15) is 9.90 Å². The third kappa shape index (κ3) is 5.50. The van der Waals surface area contributed by atoms with Gasteiger partial charge in [-0.2, -0.15) is 0 Å². The second kappa shape index (κ2) is 6.97. The molecule has 4 heteroatoms. The molecule has 1 saturated carbocycles. The fourth-order valence-electron chi connectivity index (χ4n) is 1.87. The highest BCUT2D eigenvalue weighted by molar-refractivity contribution is 5.77. The lowest BCUT2D eigenvalue weighted by Gasteiger charge is -2.25. The Labute approximate surface area is 104 Å². The fraction of sp³-hybridized carbons (Fsp3) is 0.923. The molecule has 1 aliphatic carbocycles. The van der Waals surface area contributed by atoms with Crippen molar-refractivity contribution in [1.82, 2.24) is 5.32 Å². The van der Waals surface area contributed by atoms with Gasteiger partial charge in [-0.3, -0.25) is 4.79 Å². The van der Waals surface area contributed by atoms with Crippen LogP contribution in [0.25, 0.3) is 0 Å². The van der Waals surface area contributed by atoms with Crippen LogP contribution in [-0.2, 0) is 9.53 Å². The number of aliphatic hydroxyl groups is 1.